The number of halogens is 1. The van der Waals surface area contributed by atoms with Crippen molar-refractivity contribution in [3.05, 3.63) is 59.1 Å². The molecule has 2 aromatic carbocycles. The van der Waals surface area contributed by atoms with Crippen molar-refractivity contribution < 1.29 is 4.79 Å². The van der Waals surface area contributed by atoms with E-state index in [4.69, 9.17) is 21.6 Å². The van der Waals surface area contributed by atoms with E-state index in [-0.39, 0.29) is 17.7 Å². The third-order valence-electron chi connectivity index (χ3n) is 6.67. The maximum absolute atomic E-state index is 13.1. The first-order chi connectivity index (χ1) is 15.6. The molecule has 6 nitrogen and oxygen atoms in total. The number of fused-ring (bicyclic) bond motifs is 2. The van der Waals surface area contributed by atoms with Crippen LogP contribution in [0.25, 0.3) is 22.1 Å². The molecule has 1 amide bonds. The smallest absolute Gasteiger partial charge is 0.223 e. The normalized spacial score (nSPS) is 18.9. The lowest BCUT2D eigenvalue weighted by Crippen LogP contribution is -2.36. The molecule has 0 aliphatic heterocycles. The van der Waals surface area contributed by atoms with Crippen LogP contribution < -0.4 is 5.32 Å². The van der Waals surface area contributed by atoms with Gasteiger partial charge in [0.1, 0.15) is 11.6 Å². The molecule has 5 rings (SSSR count). The second kappa shape index (κ2) is 8.94. The molecule has 1 aliphatic carbocycles. The van der Waals surface area contributed by atoms with E-state index in [1.54, 1.807) is 0 Å². The molecule has 0 bridgehead atoms. The Bertz CT molecular complexity index is 1260. The molecule has 2 heterocycles. The van der Waals surface area contributed by atoms with E-state index >= 15 is 0 Å². The summed E-state index contributed by atoms with van der Waals surface area (Å²) in [5.41, 5.74) is 3.99. The lowest BCUT2D eigenvalue weighted by molar-refractivity contribution is -0.126. The Balaban J connectivity index is 1.21. The Morgan fingerprint density at radius 2 is 2.00 bits per heavy atom. The van der Waals surface area contributed by atoms with E-state index in [1.165, 1.54) is 0 Å². The van der Waals surface area contributed by atoms with Crippen molar-refractivity contribution >= 4 is 39.6 Å². The number of aryl methyl sites for hydroxylation is 2. The lowest BCUT2D eigenvalue weighted by Gasteiger charge is -2.29. The number of benzene rings is 2. The van der Waals surface area contributed by atoms with Crippen LogP contribution in [0, 0.1) is 5.92 Å². The third kappa shape index (κ3) is 4.11. The predicted octanol–water partition coefficient (Wildman–Crippen LogP) is 5.13. The summed E-state index contributed by atoms with van der Waals surface area (Å²) >= 11 is 6.12. The van der Waals surface area contributed by atoms with Gasteiger partial charge in [-0.05, 0) is 49.6 Å². The van der Waals surface area contributed by atoms with E-state index in [9.17, 15) is 4.79 Å². The van der Waals surface area contributed by atoms with Crippen LogP contribution in [0.3, 0.4) is 0 Å². The van der Waals surface area contributed by atoms with Gasteiger partial charge in [0.25, 0.3) is 0 Å². The summed E-state index contributed by atoms with van der Waals surface area (Å²) in [5, 5.41) is 3.87. The fraction of sp³-hybridized carbons (Fsp3) is 0.400. The molecule has 1 fully saturated rings. The van der Waals surface area contributed by atoms with Crippen LogP contribution in [-0.4, -0.2) is 32.0 Å². The summed E-state index contributed by atoms with van der Waals surface area (Å²) in [6.45, 7) is 0.654. The molecule has 7 heteroatoms. The lowest BCUT2D eigenvalue weighted by atomic mass is 9.78. The molecule has 2 aromatic heterocycles. The molecule has 0 spiro atoms. The van der Waals surface area contributed by atoms with Crippen molar-refractivity contribution in [2.75, 3.05) is 6.54 Å². The molecular weight excluding hydrogens is 422 g/mol. The summed E-state index contributed by atoms with van der Waals surface area (Å²) in [4.78, 5) is 26.0. The SMILES string of the molecule is Cn1c(CCCNC(=O)[C@@H]2CCCC[C@H]2c2nc3ccc(Cl)cc3[nH]2)nc2ccccc21. The molecule has 32 heavy (non-hydrogen) atoms. The van der Waals surface area contributed by atoms with E-state index in [2.05, 4.69) is 28.0 Å². The first-order valence-corrected chi connectivity index (χ1v) is 11.8. The number of nitrogens with one attached hydrogen (secondary N) is 2. The van der Waals surface area contributed by atoms with Gasteiger partial charge in [0.15, 0.2) is 0 Å². The quantitative estimate of drug-likeness (QED) is 0.401. The zero-order valence-electron chi connectivity index (χ0n) is 18.3. The Hall–Kier alpha value is -2.86. The largest absolute Gasteiger partial charge is 0.356 e. The molecule has 1 aliphatic rings. The maximum atomic E-state index is 13.1. The average Bonchev–Trinajstić information content (AvgIpc) is 3.37. The minimum absolute atomic E-state index is 0.0458. The van der Waals surface area contributed by atoms with Crippen LogP contribution in [0.5, 0.6) is 0 Å². The highest BCUT2D eigenvalue weighted by atomic mass is 35.5. The van der Waals surface area contributed by atoms with Crippen LogP contribution in [0.15, 0.2) is 42.5 Å². The summed E-state index contributed by atoms with van der Waals surface area (Å²) in [5.74, 6) is 2.17. The number of rotatable bonds is 6. The van der Waals surface area contributed by atoms with Crippen molar-refractivity contribution in [1.82, 2.24) is 24.8 Å². The first kappa shape index (κ1) is 21.0. The van der Waals surface area contributed by atoms with Gasteiger partial charge < -0.3 is 14.9 Å². The van der Waals surface area contributed by atoms with Gasteiger partial charge in [-0.25, -0.2) is 9.97 Å². The van der Waals surface area contributed by atoms with E-state index < -0.39 is 0 Å². The molecule has 166 valence electrons. The average molecular weight is 450 g/mol. The Morgan fingerprint density at radius 1 is 1.16 bits per heavy atom. The second-order valence-electron chi connectivity index (χ2n) is 8.75. The molecule has 2 atom stereocenters. The van der Waals surface area contributed by atoms with Crippen molar-refractivity contribution in [3.63, 3.8) is 0 Å². The van der Waals surface area contributed by atoms with Gasteiger partial charge in [-0.1, -0.05) is 36.6 Å². The van der Waals surface area contributed by atoms with Crippen LogP contribution in [-0.2, 0) is 18.3 Å². The van der Waals surface area contributed by atoms with E-state index in [1.807, 2.05) is 36.4 Å². The highest BCUT2D eigenvalue weighted by Gasteiger charge is 2.33. The molecule has 1 saturated carbocycles. The summed E-state index contributed by atoms with van der Waals surface area (Å²) in [6, 6.07) is 13.8. The number of aromatic amines is 1. The van der Waals surface area contributed by atoms with E-state index in [0.717, 1.165) is 72.2 Å². The first-order valence-electron chi connectivity index (χ1n) is 11.4. The van der Waals surface area contributed by atoms with Crippen molar-refractivity contribution in [2.45, 2.75) is 44.4 Å². The molecule has 0 saturated heterocycles. The zero-order chi connectivity index (χ0) is 22.1. The number of para-hydroxylation sites is 2. The second-order valence-corrected chi connectivity index (χ2v) is 9.19. The van der Waals surface area contributed by atoms with Gasteiger partial charge in [0.2, 0.25) is 5.91 Å². The minimum atomic E-state index is -0.0458. The van der Waals surface area contributed by atoms with Crippen molar-refractivity contribution in [2.24, 2.45) is 13.0 Å². The fourth-order valence-electron chi connectivity index (χ4n) is 4.96. The van der Waals surface area contributed by atoms with Gasteiger partial charge in [-0.15, -0.1) is 0 Å². The maximum Gasteiger partial charge on any atom is 0.223 e. The topological polar surface area (TPSA) is 75.6 Å². The van der Waals surface area contributed by atoms with Gasteiger partial charge in [0, 0.05) is 36.9 Å². The van der Waals surface area contributed by atoms with Gasteiger partial charge in [0.05, 0.1) is 22.1 Å². The molecular formula is C25H28ClN5O. The number of carbonyl (C=O) groups is 1. The Labute approximate surface area is 192 Å². The highest BCUT2D eigenvalue weighted by molar-refractivity contribution is 6.31. The number of aromatic nitrogens is 4. The van der Waals surface area contributed by atoms with Crippen LogP contribution >= 0.6 is 11.6 Å². The molecule has 4 aromatic rings. The van der Waals surface area contributed by atoms with Gasteiger partial charge in [-0.3, -0.25) is 4.79 Å². The van der Waals surface area contributed by atoms with Crippen LogP contribution in [0.4, 0.5) is 0 Å². The minimum Gasteiger partial charge on any atom is -0.356 e. The third-order valence-corrected chi connectivity index (χ3v) is 6.91. The number of carbonyl (C=O) groups excluding carboxylic acids is 1. The number of H-pyrrole nitrogens is 1. The van der Waals surface area contributed by atoms with Gasteiger partial charge >= 0.3 is 0 Å². The Kier molecular flexibility index (Phi) is 5.87. The molecule has 2 N–H and O–H groups in total. The van der Waals surface area contributed by atoms with Crippen LogP contribution in [0.1, 0.15) is 49.7 Å². The summed E-state index contributed by atoms with van der Waals surface area (Å²) in [7, 11) is 2.05. The van der Waals surface area contributed by atoms with Crippen LogP contribution in [0.2, 0.25) is 5.02 Å². The number of hydrogen-bond donors (Lipinski definition) is 2. The standard InChI is InChI=1S/C25H28ClN5O/c1-31-22-10-5-4-9-20(22)28-23(31)11-6-14-27-25(32)18-8-3-2-7-17(18)24-29-19-13-12-16(26)15-21(19)30-24/h4-5,9-10,12-13,15,17-18H,2-3,6-8,11,14H2,1H3,(H,27,32)(H,29,30)/t17-,18-/m1/s1. The highest BCUT2D eigenvalue weighted by Crippen LogP contribution is 2.37. The number of hydrogen-bond acceptors (Lipinski definition) is 3. The van der Waals surface area contributed by atoms with Crippen molar-refractivity contribution in [1.29, 1.82) is 0 Å². The number of imidazole rings is 2. The summed E-state index contributed by atoms with van der Waals surface area (Å²) in [6.07, 6.45) is 5.79. The number of amides is 1. The zero-order valence-corrected chi connectivity index (χ0v) is 19.0. The summed E-state index contributed by atoms with van der Waals surface area (Å²) < 4.78 is 2.14. The Morgan fingerprint density at radius 3 is 2.88 bits per heavy atom. The van der Waals surface area contributed by atoms with Gasteiger partial charge in [-0.2, -0.15) is 0 Å². The number of nitrogens with zero attached hydrogens (tertiary/aromatic N) is 3. The fourth-order valence-corrected chi connectivity index (χ4v) is 5.13. The monoisotopic (exact) mass is 449 g/mol. The molecule has 0 unspecified atom stereocenters. The molecule has 0 radical (unpaired) electrons. The predicted molar refractivity (Wildman–Crippen MR) is 128 cm³/mol. The van der Waals surface area contributed by atoms with Crippen molar-refractivity contribution in [3.8, 4) is 0 Å². The van der Waals surface area contributed by atoms with E-state index in [0.29, 0.717) is 11.6 Å².